The second-order valence-corrected chi connectivity index (χ2v) is 8.09. The van der Waals surface area contributed by atoms with Crippen LogP contribution in [0.5, 0.6) is 5.75 Å². The number of nitrogens with zero attached hydrogens (tertiary/aromatic N) is 2. The standard InChI is InChI=1S/C19H24N2O2.C2HF3O2/c22-18(15-5-1-2-6-15)21-12-16-7-3-9-19(16,13-21)14-23-17-8-4-10-20-11-17;3-2(4,5)1(6)7/h1-2,4,8,10-11,15-16H,3,5-7,9,12-14H2;(H,6,7)/t16-,19+;/m1./s1. The Bertz CT molecular complexity index is 776. The Morgan fingerprint density at radius 3 is 2.60 bits per heavy atom. The molecule has 0 radical (unpaired) electrons. The maximum Gasteiger partial charge on any atom is 0.490 e. The van der Waals surface area contributed by atoms with Crippen LogP contribution >= 0.6 is 0 Å². The number of aromatic nitrogens is 1. The number of likely N-dealkylation sites (tertiary alicyclic amines) is 1. The Balaban J connectivity index is 0.000000318. The highest BCUT2D eigenvalue weighted by molar-refractivity contribution is 5.80. The van der Waals surface area contributed by atoms with Crippen LogP contribution in [0.25, 0.3) is 0 Å². The largest absolute Gasteiger partial charge is 0.491 e. The Morgan fingerprint density at radius 1 is 1.30 bits per heavy atom. The van der Waals surface area contributed by atoms with E-state index in [0.717, 1.165) is 31.7 Å². The molecule has 1 aliphatic heterocycles. The summed E-state index contributed by atoms with van der Waals surface area (Å²) < 4.78 is 37.8. The molecule has 2 aliphatic carbocycles. The monoisotopic (exact) mass is 426 g/mol. The number of carbonyl (C=O) groups is 2. The van der Waals surface area contributed by atoms with Crippen molar-refractivity contribution in [1.82, 2.24) is 9.88 Å². The van der Waals surface area contributed by atoms with Gasteiger partial charge in [-0.3, -0.25) is 9.78 Å². The van der Waals surface area contributed by atoms with Gasteiger partial charge in [0.05, 0.1) is 12.8 Å². The van der Waals surface area contributed by atoms with Crippen LogP contribution in [-0.2, 0) is 9.59 Å². The number of carboxylic acids is 1. The van der Waals surface area contributed by atoms with Gasteiger partial charge in [-0.05, 0) is 43.7 Å². The Labute approximate surface area is 172 Å². The fourth-order valence-corrected chi connectivity index (χ4v) is 4.55. The van der Waals surface area contributed by atoms with E-state index in [1.165, 1.54) is 19.3 Å². The summed E-state index contributed by atoms with van der Waals surface area (Å²) in [4.78, 5) is 27.9. The van der Waals surface area contributed by atoms with Crippen LogP contribution in [0, 0.1) is 17.3 Å². The van der Waals surface area contributed by atoms with Crippen molar-refractivity contribution >= 4 is 11.9 Å². The number of alkyl halides is 3. The molecule has 4 rings (SSSR count). The van der Waals surface area contributed by atoms with E-state index in [1.54, 1.807) is 12.4 Å². The average molecular weight is 426 g/mol. The molecule has 0 aromatic carbocycles. The van der Waals surface area contributed by atoms with Gasteiger partial charge in [-0.2, -0.15) is 13.2 Å². The van der Waals surface area contributed by atoms with Gasteiger partial charge in [0, 0.05) is 30.6 Å². The molecular weight excluding hydrogens is 401 g/mol. The molecule has 2 atom stereocenters. The first-order valence-corrected chi connectivity index (χ1v) is 9.98. The molecule has 2 heterocycles. The topological polar surface area (TPSA) is 79.7 Å². The minimum Gasteiger partial charge on any atom is -0.491 e. The van der Waals surface area contributed by atoms with Crippen molar-refractivity contribution in [1.29, 1.82) is 0 Å². The first kappa shape index (κ1) is 22.1. The van der Waals surface area contributed by atoms with Gasteiger partial charge in [0.15, 0.2) is 0 Å². The number of hydrogen-bond donors (Lipinski definition) is 1. The number of ether oxygens (including phenoxy) is 1. The number of fused-ring (bicyclic) bond motifs is 1. The number of carbonyl (C=O) groups excluding carboxylic acids is 1. The number of pyridine rings is 1. The highest BCUT2D eigenvalue weighted by Crippen LogP contribution is 2.49. The van der Waals surface area contributed by atoms with Crippen molar-refractivity contribution in [3.63, 3.8) is 0 Å². The fourth-order valence-electron chi connectivity index (χ4n) is 4.55. The van der Waals surface area contributed by atoms with Gasteiger partial charge in [-0.15, -0.1) is 0 Å². The van der Waals surface area contributed by atoms with Crippen LogP contribution in [0.4, 0.5) is 13.2 Å². The molecule has 1 amide bonds. The van der Waals surface area contributed by atoms with Crippen molar-refractivity contribution in [2.24, 2.45) is 17.3 Å². The number of carboxylic acid groups (broad SMARTS) is 1. The van der Waals surface area contributed by atoms with E-state index in [-0.39, 0.29) is 11.3 Å². The molecular formula is C21H25F3N2O4. The molecule has 0 bridgehead atoms. The van der Waals surface area contributed by atoms with Crippen LogP contribution in [-0.4, -0.2) is 52.7 Å². The number of allylic oxidation sites excluding steroid dienone is 2. The molecule has 9 heteroatoms. The molecule has 1 aromatic rings. The number of aliphatic carboxylic acids is 1. The van der Waals surface area contributed by atoms with Crippen LogP contribution in [0.3, 0.4) is 0 Å². The summed E-state index contributed by atoms with van der Waals surface area (Å²) in [6.07, 6.45) is 8.21. The summed E-state index contributed by atoms with van der Waals surface area (Å²) in [5.41, 5.74) is 0.150. The van der Waals surface area contributed by atoms with E-state index >= 15 is 0 Å². The van der Waals surface area contributed by atoms with Crippen LogP contribution in [0.15, 0.2) is 36.7 Å². The van der Waals surface area contributed by atoms with Gasteiger partial charge >= 0.3 is 12.1 Å². The number of amides is 1. The number of halogens is 3. The molecule has 1 saturated heterocycles. The Morgan fingerprint density at radius 2 is 2.00 bits per heavy atom. The summed E-state index contributed by atoms with van der Waals surface area (Å²) in [6, 6.07) is 3.85. The number of hydrogen-bond acceptors (Lipinski definition) is 4. The highest BCUT2D eigenvalue weighted by Gasteiger charge is 2.51. The van der Waals surface area contributed by atoms with Crippen LogP contribution < -0.4 is 4.74 Å². The van der Waals surface area contributed by atoms with E-state index in [1.807, 2.05) is 12.1 Å². The molecule has 1 saturated carbocycles. The smallest absolute Gasteiger partial charge is 0.490 e. The lowest BCUT2D eigenvalue weighted by Gasteiger charge is -2.29. The summed E-state index contributed by atoms with van der Waals surface area (Å²) in [5.74, 6) is -0.794. The molecule has 6 nitrogen and oxygen atoms in total. The summed E-state index contributed by atoms with van der Waals surface area (Å²) in [6.45, 7) is 2.50. The van der Waals surface area contributed by atoms with Gasteiger partial charge in [-0.25, -0.2) is 4.79 Å². The van der Waals surface area contributed by atoms with Gasteiger partial charge < -0.3 is 14.7 Å². The second kappa shape index (κ2) is 9.06. The molecule has 30 heavy (non-hydrogen) atoms. The number of rotatable bonds is 4. The van der Waals surface area contributed by atoms with Crippen molar-refractivity contribution < 1.29 is 32.6 Å². The summed E-state index contributed by atoms with van der Waals surface area (Å²) in [5, 5.41) is 7.12. The van der Waals surface area contributed by atoms with E-state index in [2.05, 4.69) is 22.0 Å². The molecule has 3 aliphatic rings. The van der Waals surface area contributed by atoms with Crippen LogP contribution in [0.2, 0.25) is 0 Å². The second-order valence-electron chi connectivity index (χ2n) is 8.09. The van der Waals surface area contributed by atoms with Crippen molar-refractivity contribution in [2.75, 3.05) is 19.7 Å². The first-order valence-electron chi connectivity index (χ1n) is 9.98. The zero-order valence-corrected chi connectivity index (χ0v) is 16.5. The third-order valence-corrected chi connectivity index (χ3v) is 6.11. The minimum atomic E-state index is -5.08. The molecule has 1 N–H and O–H groups in total. The molecule has 164 valence electrons. The first-order chi connectivity index (χ1) is 14.2. The lowest BCUT2D eigenvalue weighted by Crippen LogP contribution is -2.37. The predicted molar refractivity (Wildman–Crippen MR) is 102 cm³/mol. The Hall–Kier alpha value is -2.58. The summed E-state index contributed by atoms with van der Waals surface area (Å²) >= 11 is 0. The third-order valence-electron chi connectivity index (χ3n) is 6.11. The third kappa shape index (κ3) is 5.12. The van der Waals surface area contributed by atoms with Crippen molar-refractivity contribution in [3.05, 3.63) is 36.7 Å². The average Bonchev–Trinajstić information content (AvgIpc) is 3.42. The van der Waals surface area contributed by atoms with Gasteiger partial charge in [0.25, 0.3) is 0 Å². The summed E-state index contributed by atoms with van der Waals surface area (Å²) in [7, 11) is 0. The molecule has 1 aromatic heterocycles. The quantitative estimate of drug-likeness (QED) is 0.743. The lowest BCUT2D eigenvalue weighted by atomic mass is 9.81. The normalized spacial score (nSPS) is 25.6. The van der Waals surface area contributed by atoms with E-state index in [0.29, 0.717) is 18.4 Å². The predicted octanol–water partition coefficient (Wildman–Crippen LogP) is 3.69. The SMILES string of the molecule is O=C(C1CC=CC1)N1C[C@H]2CCC[C@@]2(COc2cccnc2)C1.O=C(O)C(F)(F)F. The maximum atomic E-state index is 12.7. The van der Waals surface area contributed by atoms with E-state index in [9.17, 15) is 18.0 Å². The van der Waals surface area contributed by atoms with E-state index in [4.69, 9.17) is 14.6 Å². The van der Waals surface area contributed by atoms with Gasteiger partial charge in [0.2, 0.25) is 5.91 Å². The molecule has 2 fully saturated rings. The zero-order chi connectivity index (χ0) is 21.8. The zero-order valence-electron chi connectivity index (χ0n) is 16.5. The lowest BCUT2D eigenvalue weighted by molar-refractivity contribution is -0.192. The maximum absolute atomic E-state index is 12.7. The van der Waals surface area contributed by atoms with Crippen molar-refractivity contribution in [3.8, 4) is 5.75 Å². The van der Waals surface area contributed by atoms with E-state index < -0.39 is 12.1 Å². The highest BCUT2D eigenvalue weighted by atomic mass is 19.4. The van der Waals surface area contributed by atoms with Crippen LogP contribution in [0.1, 0.15) is 32.1 Å². The van der Waals surface area contributed by atoms with Gasteiger partial charge in [-0.1, -0.05) is 18.6 Å². The van der Waals surface area contributed by atoms with Gasteiger partial charge in [0.1, 0.15) is 5.75 Å². The molecule has 0 spiro atoms. The minimum absolute atomic E-state index is 0.150. The Kier molecular flexibility index (Phi) is 6.67. The molecule has 0 unspecified atom stereocenters. The van der Waals surface area contributed by atoms with Crippen molar-refractivity contribution in [2.45, 2.75) is 38.3 Å². The fraction of sp³-hybridized carbons (Fsp3) is 0.571.